The lowest BCUT2D eigenvalue weighted by Gasteiger charge is -2.26. The van der Waals surface area contributed by atoms with E-state index in [0.29, 0.717) is 0 Å². The van der Waals surface area contributed by atoms with Crippen LogP contribution in [0.4, 0.5) is 0 Å². The summed E-state index contributed by atoms with van der Waals surface area (Å²) in [4.78, 5) is 2.07. The quantitative estimate of drug-likeness (QED) is 0.461. The number of rotatable bonds is 6. The van der Waals surface area contributed by atoms with Crippen molar-refractivity contribution >= 4 is 0 Å². The fourth-order valence-electron chi connectivity index (χ4n) is 1.12. The third-order valence-corrected chi connectivity index (χ3v) is 1.68. The van der Waals surface area contributed by atoms with Gasteiger partial charge in [0.05, 0.1) is 0 Å². The number of allylic oxidation sites excluding steroid dienone is 1. The molecule has 0 rings (SSSR count). The van der Waals surface area contributed by atoms with E-state index < -0.39 is 0 Å². The molecule has 0 saturated carbocycles. The first-order valence-corrected chi connectivity index (χ1v) is 4.55. The van der Waals surface area contributed by atoms with Gasteiger partial charge in [0.15, 0.2) is 0 Å². The van der Waals surface area contributed by atoms with Gasteiger partial charge in [0.1, 0.15) is 6.73 Å². The minimum absolute atomic E-state index is 0.00380. The molecule has 0 atom stereocenters. The number of likely N-dealkylation sites (N-methyl/N-ethyl adjacent to an activating group) is 1. The maximum absolute atomic E-state index is 9.04. The summed E-state index contributed by atoms with van der Waals surface area (Å²) in [6.45, 7) is 2.91. The van der Waals surface area contributed by atoms with E-state index in [2.05, 4.69) is 23.3 Å². The van der Waals surface area contributed by atoms with E-state index in [1.807, 2.05) is 14.1 Å². The van der Waals surface area contributed by atoms with Gasteiger partial charge in [-0.25, -0.2) is 5.43 Å². The zero-order valence-electron chi connectivity index (χ0n) is 9.04. The van der Waals surface area contributed by atoms with Crippen LogP contribution in [0.3, 0.4) is 0 Å². The first kappa shape index (κ1) is 12.4. The second-order valence-electron chi connectivity index (χ2n) is 3.13. The summed E-state index contributed by atoms with van der Waals surface area (Å²) in [7, 11) is 5.82. The highest BCUT2D eigenvalue weighted by molar-refractivity contribution is 5.01. The lowest BCUT2D eigenvalue weighted by Crippen LogP contribution is -2.38. The lowest BCUT2D eigenvalue weighted by molar-refractivity contribution is 0.0959. The maximum Gasteiger partial charge on any atom is 0.129 e. The van der Waals surface area contributed by atoms with Crippen LogP contribution in [0.1, 0.15) is 13.3 Å². The van der Waals surface area contributed by atoms with Crippen molar-refractivity contribution in [3.05, 3.63) is 11.8 Å². The third kappa shape index (κ3) is 4.87. The average molecular weight is 187 g/mol. The molecule has 0 aliphatic heterocycles. The zero-order chi connectivity index (χ0) is 10.3. The SMILES string of the molecule is CC/C=C(/CN(C)C)N(CO)NC. The topological polar surface area (TPSA) is 38.7 Å². The van der Waals surface area contributed by atoms with Crippen molar-refractivity contribution in [2.75, 3.05) is 34.4 Å². The Morgan fingerprint density at radius 3 is 2.38 bits per heavy atom. The normalized spacial score (nSPS) is 12.3. The molecular formula is C9H21N3O. The Morgan fingerprint density at radius 1 is 1.46 bits per heavy atom. The molecule has 0 fully saturated rings. The van der Waals surface area contributed by atoms with E-state index >= 15 is 0 Å². The minimum Gasteiger partial charge on any atom is -0.375 e. The molecule has 4 heteroatoms. The van der Waals surface area contributed by atoms with Gasteiger partial charge in [-0.05, 0) is 20.5 Å². The molecule has 0 heterocycles. The summed E-state index contributed by atoms with van der Waals surface area (Å²) < 4.78 is 0. The van der Waals surface area contributed by atoms with Gasteiger partial charge in [-0.15, -0.1) is 0 Å². The minimum atomic E-state index is -0.00380. The molecular weight excluding hydrogens is 166 g/mol. The highest BCUT2D eigenvalue weighted by Crippen LogP contribution is 2.02. The van der Waals surface area contributed by atoms with E-state index in [9.17, 15) is 0 Å². The van der Waals surface area contributed by atoms with Crippen LogP contribution in [0, 0.1) is 0 Å². The Balaban J connectivity index is 4.30. The molecule has 0 radical (unpaired) electrons. The van der Waals surface area contributed by atoms with Crippen molar-refractivity contribution in [3.8, 4) is 0 Å². The number of aliphatic hydroxyl groups is 1. The molecule has 2 N–H and O–H groups in total. The zero-order valence-corrected chi connectivity index (χ0v) is 9.04. The Labute approximate surface area is 80.8 Å². The van der Waals surface area contributed by atoms with Crippen LogP contribution < -0.4 is 5.43 Å². The Bertz CT molecular complexity index is 153. The number of hydrazine groups is 1. The Hall–Kier alpha value is -0.580. The second kappa shape index (κ2) is 6.88. The number of aliphatic hydroxyl groups excluding tert-OH is 1. The number of nitrogens with zero attached hydrogens (tertiary/aromatic N) is 2. The van der Waals surface area contributed by atoms with Crippen LogP contribution in [0.25, 0.3) is 0 Å². The monoisotopic (exact) mass is 187 g/mol. The van der Waals surface area contributed by atoms with Crippen LogP contribution in [-0.2, 0) is 0 Å². The molecule has 0 aromatic heterocycles. The molecule has 0 bridgehead atoms. The van der Waals surface area contributed by atoms with Crippen LogP contribution in [0.2, 0.25) is 0 Å². The smallest absolute Gasteiger partial charge is 0.129 e. The van der Waals surface area contributed by atoms with Crippen LogP contribution in [0.15, 0.2) is 11.8 Å². The van der Waals surface area contributed by atoms with Gasteiger partial charge in [-0.3, -0.25) is 5.01 Å². The van der Waals surface area contributed by atoms with Crippen molar-refractivity contribution in [1.29, 1.82) is 0 Å². The first-order valence-electron chi connectivity index (χ1n) is 4.55. The summed E-state index contributed by atoms with van der Waals surface area (Å²) in [5.41, 5.74) is 4.03. The molecule has 78 valence electrons. The molecule has 4 nitrogen and oxygen atoms in total. The highest BCUT2D eigenvalue weighted by Gasteiger charge is 2.06. The van der Waals surface area contributed by atoms with E-state index in [1.54, 1.807) is 12.1 Å². The van der Waals surface area contributed by atoms with Gasteiger partial charge in [0.2, 0.25) is 0 Å². The largest absolute Gasteiger partial charge is 0.375 e. The van der Waals surface area contributed by atoms with Crippen molar-refractivity contribution in [2.45, 2.75) is 13.3 Å². The summed E-state index contributed by atoms with van der Waals surface area (Å²) in [5.74, 6) is 0. The summed E-state index contributed by atoms with van der Waals surface area (Å²) in [6, 6.07) is 0. The number of hydrogen-bond donors (Lipinski definition) is 2. The summed E-state index contributed by atoms with van der Waals surface area (Å²) >= 11 is 0. The molecule has 0 saturated heterocycles. The lowest BCUT2D eigenvalue weighted by atomic mass is 10.3. The first-order chi connectivity index (χ1) is 6.15. The fourth-order valence-corrected chi connectivity index (χ4v) is 1.12. The molecule has 0 aliphatic rings. The molecule has 0 aromatic rings. The van der Waals surface area contributed by atoms with Crippen molar-refractivity contribution < 1.29 is 5.11 Å². The van der Waals surface area contributed by atoms with Crippen LogP contribution in [0.5, 0.6) is 0 Å². The van der Waals surface area contributed by atoms with Gasteiger partial charge in [0, 0.05) is 19.3 Å². The van der Waals surface area contributed by atoms with Crippen molar-refractivity contribution in [2.24, 2.45) is 0 Å². The third-order valence-electron chi connectivity index (χ3n) is 1.68. The fraction of sp³-hybridized carbons (Fsp3) is 0.778. The van der Waals surface area contributed by atoms with Crippen molar-refractivity contribution in [3.63, 3.8) is 0 Å². The predicted molar refractivity (Wildman–Crippen MR) is 54.9 cm³/mol. The molecule has 0 aromatic carbocycles. The highest BCUT2D eigenvalue weighted by atomic mass is 16.3. The number of nitrogens with one attached hydrogen (secondary N) is 1. The van der Waals surface area contributed by atoms with Gasteiger partial charge >= 0.3 is 0 Å². The van der Waals surface area contributed by atoms with E-state index in [-0.39, 0.29) is 6.73 Å². The van der Waals surface area contributed by atoms with Gasteiger partial charge in [-0.2, -0.15) is 0 Å². The summed E-state index contributed by atoms with van der Waals surface area (Å²) in [5, 5.41) is 10.8. The Morgan fingerprint density at radius 2 is 2.08 bits per heavy atom. The van der Waals surface area contributed by atoms with E-state index in [4.69, 9.17) is 5.11 Å². The molecule has 13 heavy (non-hydrogen) atoms. The molecule has 0 unspecified atom stereocenters. The predicted octanol–water partition coefficient (Wildman–Crippen LogP) is 0.228. The van der Waals surface area contributed by atoms with Crippen molar-refractivity contribution in [1.82, 2.24) is 15.3 Å². The second-order valence-corrected chi connectivity index (χ2v) is 3.13. The van der Waals surface area contributed by atoms with Gasteiger partial charge < -0.3 is 10.0 Å². The van der Waals surface area contributed by atoms with Crippen LogP contribution in [-0.4, -0.2) is 49.4 Å². The molecule has 0 spiro atoms. The Kier molecular flexibility index (Phi) is 6.58. The number of hydrogen-bond acceptors (Lipinski definition) is 4. The van der Waals surface area contributed by atoms with Crippen LogP contribution >= 0.6 is 0 Å². The average Bonchev–Trinajstić information content (AvgIpc) is 2.05. The van der Waals surface area contributed by atoms with E-state index in [0.717, 1.165) is 18.7 Å². The maximum atomic E-state index is 9.04. The van der Waals surface area contributed by atoms with Gasteiger partial charge in [-0.1, -0.05) is 13.0 Å². The molecule has 0 aliphatic carbocycles. The van der Waals surface area contributed by atoms with E-state index in [1.165, 1.54) is 0 Å². The standard InChI is InChI=1S/C9H21N3O/c1-5-6-9(7-11(3)4)12(8-13)10-2/h6,10,13H,5,7-8H2,1-4H3/b9-6-. The van der Waals surface area contributed by atoms with Gasteiger partial charge in [0.25, 0.3) is 0 Å². The summed E-state index contributed by atoms with van der Waals surface area (Å²) in [6.07, 6.45) is 3.08. The molecule has 0 amide bonds.